The number of halogens is 6. The van der Waals surface area contributed by atoms with Crippen LogP contribution in [0, 0.1) is 5.92 Å². The lowest BCUT2D eigenvalue weighted by Crippen LogP contribution is -2.39. The van der Waals surface area contributed by atoms with Crippen LogP contribution in [0.15, 0.2) is 0 Å². The quantitative estimate of drug-likeness (QED) is 0.375. The molecule has 0 aromatic heterocycles. The van der Waals surface area contributed by atoms with Crippen molar-refractivity contribution in [2.75, 3.05) is 45.6 Å². The van der Waals surface area contributed by atoms with Gasteiger partial charge < -0.3 is 9.64 Å². The monoisotopic (exact) mass is 342 g/mol. The highest BCUT2D eigenvalue weighted by Gasteiger charge is 2.56. The maximum absolute atomic E-state index is 12.3. The van der Waals surface area contributed by atoms with Crippen LogP contribution in [0.4, 0.5) is 26.3 Å². The molecule has 0 fully saturated rings. The molecule has 21 heavy (non-hydrogen) atoms. The van der Waals surface area contributed by atoms with E-state index >= 15 is 0 Å². The van der Waals surface area contributed by atoms with Gasteiger partial charge in [-0.3, -0.25) is 4.72 Å². The average molecular weight is 342 g/mol. The number of rotatable bonds is 10. The van der Waals surface area contributed by atoms with E-state index in [1.165, 1.54) is 0 Å². The van der Waals surface area contributed by atoms with Crippen LogP contribution in [0.25, 0.3) is 0 Å². The second-order valence-corrected chi connectivity index (χ2v) is 5.18. The van der Waals surface area contributed by atoms with E-state index in [1.807, 2.05) is 11.8 Å². The Morgan fingerprint density at radius 2 is 1.67 bits per heavy atom. The summed E-state index contributed by atoms with van der Waals surface area (Å²) in [6.07, 6.45) is -10.6. The minimum Gasteiger partial charge on any atom is -0.383 e. The number of likely N-dealkylation sites (N-methyl/N-ethyl adjacent to an activating group) is 1. The molecule has 0 spiro atoms. The summed E-state index contributed by atoms with van der Waals surface area (Å²) in [6, 6.07) is 0. The zero-order valence-electron chi connectivity index (χ0n) is 11.9. The van der Waals surface area contributed by atoms with E-state index in [9.17, 15) is 26.3 Å². The van der Waals surface area contributed by atoms with Crippen LogP contribution in [-0.2, 0) is 4.74 Å². The summed E-state index contributed by atoms with van der Waals surface area (Å²) in [4.78, 5) is 1.97. The van der Waals surface area contributed by atoms with Crippen LogP contribution in [-0.4, -0.2) is 62.9 Å². The van der Waals surface area contributed by atoms with Crippen molar-refractivity contribution < 1.29 is 31.1 Å². The summed E-state index contributed by atoms with van der Waals surface area (Å²) in [5, 5.41) is 0. The van der Waals surface area contributed by atoms with E-state index < -0.39 is 24.0 Å². The second kappa shape index (κ2) is 9.75. The molecular weight excluding hydrogens is 322 g/mol. The first-order valence-corrected chi connectivity index (χ1v) is 7.30. The first kappa shape index (κ1) is 20.8. The fraction of sp³-hybridized carbons (Fsp3) is 1.00. The molecule has 0 rings (SSSR count). The molecule has 10 heteroatoms. The number of nitrogens with one attached hydrogen (secondary N) is 1. The number of alkyl halides is 6. The fourth-order valence-electron chi connectivity index (χ4n) is 1.44. The molecule has 3 nitrogen and oxygen atoms in total. The van der Waals surface area contributed by atoms with Gasteiger partial charge in [0.2, 0.25) is 0 Å². The minimum atomic E-state index is -5.28. The molecule has 0 bridgehead atoms. The van der Waals surface area contributed by atoms with Gasteiger partial charge in [0.05, 0.1) is 6.61 Å². The Morgan fingerprint density at radius 3 is 2.10 bits per heavy atom. The van der Waals surface area contributed by atoms with Gasteiger partial charge in [-0.1, -0.05) is 18.9 Å². The van der Waals surface area contributed by atoms with E-state index in [1.54, 1.807) is 7.11 Å². The zero-order valence-corrected chi connectivity index (χ0v) is 12.7. The lowest BCUT2D eigenvalue weighted by Gasteiger charge is -2.23. The van der Waals surface area contributed by atoms with Crippen LogP contribution in [0.2, 0.25) is 0 Å². The average Bonchev–Trinajstić information content (AvgIpc) is 2.33. The highest BCUT2D eigenvalue weighted by Crippen LogP contribution is 2.40. The van der Waals surface area contributed by atoms with Crippen molar-refractivity contribution in [2.45, 2.75) is 19.3 Å². The Morgan fingerprint density at radius 1 is 1.10 bits per heavy atom. The Bertz CT molecular complexity index is 260. The molecule has 0 aliphatic rings. The van der Waals surface area contributed by atoms with Gasteiger partial charge in [0.1, 0.15) is 0 Å². The standard InChI is InChI=1S/C11H20F6N2OS/c1-3-19(6-7-20-2)5-4-18-21-8-9(10(12,13)14)11(15,16)17/h9,18H,3-8H2,1-2H3. The van der Waals surface area contributed by atoms with Crippen molar-refractivity contribution in [1.82, 2.24) is 9.62 Å². The van der Waals surface area contributed by atoms with Crippen molar-refractivity contribution in [1.29, 1.82) is 0 Å². The summed E-state index contributed by atoms with van der Waals surface area (Å²) in [7, 11) is 1.55. The molecule has 0 saturated carbocycles. The van der Waals surface area contributed by atoms with Crippen LogP contribution >= 0.6 is 11.9 Å². The number of ether oxygens (including phenoxy) is 1. The molecule has 0 unspecified atom stereocenters. The van der Waals surface area contributed by atoms with Gasteiger partial charge in [-0.15, -0.1) is 0 Å². The topological polar surface area (TPSA) is 24.5 Å². The molecule has 0 saturated heterocycles. The molecule has 0 aromatic rings. The van der Waals surface area contributed by atoms with Crippen molar-refractivity contribution in [3.05, 3.63) is 0 Å². The Balaban J connectivity index is 4.01. The SMILES string of the molecule is CCN(CCNSCC(C(F)(F)F)C(F)(F)F)CCOC. The van der Waals surface area contributed by atoms with Crippen molar-refractivity contribution in [3.8, 4) is 0 Å². The first-order chi connectivity index (χ1) is 9.62. The molecule has 0 radical (unpaired) electrons. The number of nitrogens with zero attached hydrogens (tertiary/aromatic N) is 1. The van der Waals surface area contributed by atoms with E-state index in [-0.39, 0.29) is 0 Å². The van der Waals surface area contributed by atoms with Gasteiger partial charge >= 0.3 is 12.4 Å². The molecule has 0 aliphatic heterocycles. The summed E-state index contributed by atoms with van der Waals surface area (Å²) < 4.78 is 81.0. The van der Waals surface area contributed by atoms with Gasteiger partial charge in [-0.05, 0) is 6.54 Å². The van der Waals surface area contributed by atoms with Crippen LogP contribution in [0.5, 0.6) is 0 Å². The van der Waals surface area contributed by atoms with Crippen molar-refractivity contribution >= 4 is 11.9 Å². The largest absolute Gasteiger partial charge is 0.401 e. The molecule has 1 N–H and O–H groups in total. The van der Waals surface area contributed by atoms with Gasteiger partial charge in [0.15, 0.2) is 5.92 Å². The summed E-state index contributed by atoms with van der Waals surface area (Å²) >= 11 is 0.443. The number of hydrogen-bond acceptors (Lipinski definition) is 4. The maximum atomic E-state index is 12.3. The zero-order chi connectivity index (χ0) is 16.5. The third-order valence-corrected chi connectivity index (χ3v) is 3.64. The number of hydrogen-bond donors (Lipinski definition) is 1. The van der Waals surface area contributed by atoms with Crippen molar-refractivity contribution in [2.24, 2.45) is 5.92 Å². The van der Waals surface area contributed by atoms with Gasteiger partial charge in [0.25, 0.3) is 0 Å². The smallest absolute Gasteiger partial charge is 0.383 e. The lowest BCUT2D eigenvalue weighted by molar-refractivity contribution is -0.276. The van der Waals surface area contributed by atoms with E-state index in [2.05, 4.69) is 4.72 Å². The second-order valence-electron chi connectivity index (χ2n) is 4.27. The molecular formula is C11H20F6N2OS. The number of methoxy groups -OCH3 is 1. The lowest BCUT2D eigenvalue weighted by atomic mass is 10.1. The highest BCUT2D eigenvalue weighted by atomic mass is 32.2. The van der Waals surface area contributed by atoms with Crippen LogP contribution in [0.3, 0.4) is 0 Å². The molecule has 0 aliphatic carbocycles. The molecule has 0 aromatic carbocycles. The summed E-state index contributed by atoms with van der Waals surface area (Å²) in [5.74, 6) is -4.39. The normalized spacial score (nSPS) is 13.4. The van der Waals surface area contributed by atoms with Gasteiger partial charge in [0, 0.05) is 32.5 Å². The third kappa shape index (κ3) is 9.43. The maximum Gasteiger partial charge on any atom is 0.401 e. The fourth-order valence-corrected chi connectivity index (χ4v) is 2.34. The highest BCUT2D eigenvalue weighted by molar-refractivity contribution is 7.97. The first-order valence-electron chi connectivity index (χ1n) is 6.32. The summed E-state index contributed by atoms with van der Waals surface area (Å²) in [5.41, 5.74) is 0. The van der Waals surface area contributed by atoms with Crippen LogP contribution in [0.1, 0.15) is 6.92 Å². The third-order valence-electron chi connectivity index (χ3n) is 2.73. The Kier molecular flexibility index (Phi) is 9.66. The van der Waals surface area contributed by atoms with E-state index in [4.69, 9.17) is 4.74 Å². The Labute approximate surface area is 124 Å². The predicted octanol–water partition coefficient (Wildman–Crippen LogP) is 2.93. The predicted molar refractivity (Wildman–Crippen MR) is 70.1 cm³/mol. The molecule has 128 valence electrons. The molecule has 0 heterocycles. The van der Waals surface area contributed by atoms with Gasteiger partial charge in [-0.25, -0.2) is 0 Å². The molecule has 0 atom stereocenters. The Hall–Kier alpha value is -0.190. The van der Waals surface area contributed by atoms with E-state index in [0.29, 0.717) is 38.2 Å². The summed E-state index contributed by atoms with van der Waals surface area (Å²) in [6.45, 7) is 4.63. The van der Waals surface area contributed by atoms with Gasteiger partial charge in [-0.2, -0.15) is 26.3 Å². The minimum absolute atomic E-state index is 0.296. The molecule has 0 amide bonds. The van der Waals surface area contributed by atoms with E-state index in [0.717, 1.165) is 6.54 Å². The van der Waals surface area contributed by atoms with Crippen LogP contribution < -0.4 is 4.72 Å². The van der Waals surface area contributed by atoms with Crippen molar-refractivity contribution in [3.63, 3.8) is 0 Å².